The number of benzene rings is 1. The highest BCUT2D eigenvalue weighted by molar-refractivity contribution is 7.91. The molecule has 1 atom stereocenters. The summed E-state index contributed by atoms with van der Waals surface area (Å²) < 4.78 is 62.3. The largest absolute Gasteiger partial charge is 0.451 e. The van der Waals surface area contributed by atoms with Crippen LogP contribution in [-0.4, -0.2) is 65.3 Å². The molecule has 1 amide bonds. The maximum Gasteiger partial charge on any atom is 0.451 e. The second-order valence-electron chi connectivity index (χ2n) is 7.63. The van der Waals surface area contributed by atoms with Crippen molar-refractivity contribution in [1.29, 1.82) is 0 Å². The van der Waals surface area contributed by atoms with Gasteiger partial charge in [0.1, 0.15) is 0 Å². The molecule has 0 spiro atoms. The molecule has 2 aromatic heterocycles. The zero-order valence-corrected chi connectivity index (χ0v) is 18.1. The lowest BCUT2D eigenvalue weighted by molar-refractivity contribution is -0.145. The van der Waals surface area contributed by atoms with E-state index in [4.69, 9.17) is 0 Å². The molecule has 3 aromatic rings. The minimum absolute atomic E-state index is 0.0320. The minimum atomic E-state index is -4.68. The molecule has 0 saturated carbocycles. The molecule has 12 heteroatoms. The molecular formula is C21H20F3N5O3S. The molecule has 1 aliphatic heterocycles. The van der Waals surface area contributed by atoms with Crippen molar-refractivity contribution in [3.05, 3.63) is 65.9 Å². The van der Waals surface area contributed by atoms with Gasteiger partial charge in [0.05, 0.1) is 23.1 Å². The average molecular weight is 479 g/mol. The van der Waals surface area contributed by atoms with Crippen LogP contribution in [0.15, 0.2) is 48.9 Å². The summed E-state index contributed by atoms with van der Waals surface area (Å²) in [4.78, 5) is 25.8. The van der Waals surface area contributed by atoms with E-state index >= 15 is 0 Å². The molecule has 1 saturated heterocycles. The number of carbonyl (C=O) groups is 1. The highest BCUT2D eigenvalue weighted by atomic mass is 32.2. The van der Waals surface area contributed by atoms with Gasteiger partial charge in [-0.3, -0.25) is 14.7 Å². The van der Waals surface area contributed by atoms with E-state index in [2.05, 4.69) is 20.3 Å². The van der Waals surface area contributed by atoms with Crippen LogP contribution in [0.5, 0.6) is 0 Å². The van der Waals surface area contributed by atoms with E-state index in [1.54, 1.807) is 41.4 Å². The highest BCUT2D eigenvalue weighted by Crippen LogP contribution is 2.27. The lowest BCUT2D eigenvalue weighted by atomic mass is 10.1. The topological polar surface area (TPSA) is 105 Å². The Bertz CT molecular complexity index is 1250. The maximum atomic E-state index is 12.9. The minimum Gasteiger partial charge on any atom is -0.350 e. The Morgan fingerprint density at radius 3 is 2.42 bits per heavy atom. The van der Waals surface area contributed by atoms with E-state index < -0.39 is 27.9 Å². The van der Waals surface area contributed by atoms with Gasteiger partial charge in [-0.15, -0.1) is 0 Å². The van der Waals surface area contributed by atoms with E-state index in [0.29, 0.717) is 22.0 Å². The van der Waals surface area contributed by atoms with Gasteiger partial charge in [0.25, 0.3) is 5.91 Å². The van der Waals surface area contributed by atoms with Crippen LogP contribution in [0.4, 0.5) is 13.2 Å². The number of hydrogen-bond donors (Lipinski definition) is 1. The zero-order chi connectivity index (χ0) is 23.6. The number of pyridine rings is 1. The molecule has 1 fully saturated rings. The Morgan fingerprint density at radius 2 is 1.76 bits per heavy atom. The summed E-state index contributed by atoms with van der Waals surface area (Å²) in [5.74, 6) is -1.79. The third kappa shape index (κ3) is 5.28. The first-order valence-electron chi connectivity index (χ1n) is 10.1. The van der Waals surface area contributed by atoms with Gasteiger partial charge in [0, 0.05) is 54.7 Å². The van der Waals surface area contributed by atoms with Gasteiger partial charge in [-0.1, -0.05) is 12.1 Å². The summed E-state index contributed by atoms with van der Waals surface area (Å²) in [6, 6.07) is 8.04. The van der Waals surface area contributed by atoms with Gasteiger partial charge in [-0.25, -0.2) is 18.4 Å². The van der Waals surface area contributed by atoms with Gasteiger partial charge >= 0.3 is 6.18 Å². The summed E-state index contributed by atoms with van der Waals surface area (Å²) in [7, 11) is -3.17. The number of alkyl halides is 3. The van der Waals surface area contributed by atoms with Gasteiger partial charge in [-0.2, -0.15) is 13.2 Å². The first-order valence-corrected chi connectivity index (χ1v) is 11.9. The number of fused-ring (bicyclic) bond motifs is 1. The summed E-state index contributed by atoms with van der Waals surface area (Å²) in [6.45, 7) is 0.397. The summed E-state index contributed by atoms with van der Waals surface area (Å²) in [5, 5.41) is 3.48. The third-order valence-corrected chi connectivity index (χ3v) is 7.09. The number of nitrogens with zero attached hydrogens (tertiary/aromatic N) is 4. The molecule has 3 heterocycles. The predicted octanol–water partition coefficient (Wildman–Crippen LogP) is 2.25. The Hall–Kier alpha value is -3.12. The number of halogens is 3. The van der Waals surface area contributed by atoms with Crippen LogP contribution >= 0.6 is 0 Å². The molecule has 0 bridgehead atoms. The molecule has 0 radical (unpaired) electrons. The normalized spacial score (nSPS) is 17.5. The summed E-state index contributed by atoms with van der Waals surface area (Å²) in [5.41, 5.74) is 1.41. The van der Waals surface area contributed by atoms with Crippen LogP contribution in [0.2, 0.25) is 0 Å². The Balaban J connectivity index is 1.57. The molecule has 0 aliphatic carbocycles. The van der Waals surface area contributed by atoms with Crippen LogP contribution in [0.25, 0.3) is 10.9 Å². The van der Waals surface area contributed by atoms with E-state index in [0.717, 1.165) is 12.4 Å². The SMILES string of the molecule is O=C(NCC(c1cnc(C(F)(F)F)nc1)N1CCS(=O)(=O)CC1)c1cccc2ncccc12. The fraction of sp³-hybridized carbons (Fsp3) is 0.333. The van der Waals surface area contributed by atoms with Gasteiger partial charge in [0.15, 0.2) is 9.84 Å². The standard InChI is InChI=1S/C21H20F3N5O3S/c22-21(23,24)20-27-11-14(12-28-20)18(29-7-9-33(31,32)10-8-29)13-26-19(30)16-3-1-5-17-15(16)4-2-6-25-17/h1-6,11-12,18H,7-10,13H2,(H,26,30). The molecule has 33 heavy (non-hydrogen) atoms. The number of aromatic nitrogens is 3. The number of carbonyl (C=O) groups excluding carboxylic acids is 1. The van der Waals surface area contributed by atoms with E-state index in [-0.39, 0.29) is 37.0 Å². The van der Waals surface area contributed by atoms with Crippen molar-refractivity contribution in [2.75, 3.05) is 31.1 Å². The fourth-order valence-electron chi connectivity index (χ4n) is 3.74. The van der Waals surface area contributed by atoms with Crippen LogP contribution in [-0.2, 0) is 16.0 Å². The average Bonchev–Trinajstić information content (AvgIpc) is 2.79. The number of rotatable bonds is 5. The van der Waals surface area contributed by atoms with Crippen LogP contribution < -0.4 is 5.32 Å². The molecule has 8 nitrogen and oxygen atoms in total. The molecule has 1 aromatic carbocycles. The van der Waals surface area contributed by atoms with Crippen molar-refractivity contribution in [1.82, 2.24) is 25.2 Å². The lowest BCUT2D eigenvalue weighted by Gasteiger charge is -2.34. The predicted molar refractivity (Wildman–Crippen MR) is 114 cm³/mol. The van der Waals surface area contributed by atoms with E-state index in [9.17, 15) is 26.4 Å². The number of sulfone groups is 1. The Labute approximate surface area is 187 Å². The zero-order valence-electron chi connectivity index (χ0n) is 17.3. The second kappa shape index (κ2) is 9.02. The lowest BCUT2D eigenvalue weighted by Crippen LogP contribution is -2.46. The highest BCUT2D eigenvalue weighted by Gasteiger charge is 2.35. The number of nitrogens with one attached hydrogen (secondary N) is 1. The van der Waals surface area contributed by atoms with Crippen LogP contribution in [0, 0.1) is 0 Å². The summed E-state index contributed by atoms with van der Waals surface area (Å²) >= 11 is 0. The smallest absolute Gasteiger partial charge is 0.350 e. The first kappa shape index (κ1) is 23.1. The van der Waals surface area contributed by atoms with Crippen molar-refractivity contribution in [3.8, 4) is 0 Å². The maximum absolute atomic E-state index is 12.9. The van der Waals surface area contributed by atoms with Gasteiger partial charge in [-0.05, 0) is 18.2 Å². The van der Waals surface area contributed by atoms with Crippen LogP contribution in [0.1, 0.15) is 27.8 Å². The molecule has 1 N–H and O–H groups in total. The Morgan fingerprint density at radius 1 is 1.06 bits per heavy atom. The molecule has 4 rings (SSSR count). The third-order valence-electron chi connectivity index (χ3n) is 5.48. The summed E-state index contributed by atoms with van der Waals surface area (Å²) in [6.07, 6.45) is -0.923. The molecular weight excluding hydrogens is 459 g/mol. The molecule has 174 valence electrons. The number of hydrogen-bond acceptors (Lipinski definition) is 7. The molecule has 1 unspecified atom stereocenters. The Kier molecular flexibility index (Phi) is 6.30. The quantitative estimate of drug-likeness (QED) is 0.598. The van der Waals surface area contributed by atoms with Crippen LogP contribution in [0.3, 0.4) is 0 Å². The second-order valence-corrected chi connectivity index (χ2v) is 9.93. The van der Waals surface area contributed by atoms with Crippen molar-refractivity contribution in [2.24, 2.45) is 0 Å². The van der Waals surface area contributed by atoms with E-state index in [1.165, 1.54) is 0 Å². The van der Waals surface area contributed by atoms with Crippen molar-refractivity contribution >= 4 is 26.6 Å². The van der Waals surface area contributed by atoms with Crippen molar-refractivity contribution < 1.29 is 26.4 Å². The van der Waals surface area contributed by atoms with Gasteiger partial charge in [0.2, 0.25) is 5.82 Å². The monoisotopic (exact) mass is 479 g/mol. The van der Waals surface area contributed by atoms with Gasteiger partial charge < -0.3 is 5.32 Å². The van der Waals surface area contributed by atoms with E-state index in [1.807, 2.05) is 0 Å². The number of amides is 1. The fourth-order valence-corrected chi connectivity index (χ4v) is 4.97. The van der Waals surface area contributed by atoms with Crippen molar-refractivity contribution in [2.45, 2.75) is 12.2 Å². The molecule has 1 aliphatic rings. The first-order chi connectivity index (χ1) is 15.6. The van der Waals surface area contributed by atoms with Crippen molar-refractivity contribution in [3.63, 3.8) is 0 Å².